The van der Waals surface area contributed by atoms with Crippen molar-refractivity contribution in [2.75, 3.05) is 14.2 Å². The van der Waals surface area contributed by atoms with Gasteiger partial charge in [0.05, 0.1) is 20.6 Å². The zero-order valence-electron chi connectivity index (χ0n) is 11.1. The highest BCUT2D eigenvalue weighted by atomic mass is 16.5. The molecule has 0 aliphatic heterocycles. The minimum Gasteiger partial charge on any atom is -0.496 e. The quantitative estimate of drug-likeness (QED) is 0.786. The van der Waals surface area contributed by atoms with Crippen molar-refractivity contribution < 1.29 is 14.3 Å². The first-order chi connectivity index (χ1) is 9.26. The first kappa shape index (κ1) is 13.1. The average Bonchev–Trinajstić information content (AvgIpc) is 2.47. The predicted molar refractivity (Wildman–Crippen MR) is 76.2 cm³/mol. The molecule has 0 aliphatic carbocycles. The van der Waals surface area contributed by atoms with Crippen LogP contribution in [-0.4, -0.2) is 20.2 Å². The molecule has 0 aromatic heterocycles. The van der Waals surface area contributed by atoms with Gasteiger partial charge in [-0.3, -0.25) is 4.79 Å². The van der Waals surface area contributed by atoms with Crippen LogP contribution >= 0.6 is 0 Å². The van der Waals surface area contributed by atoms with E-state index in [4.69, 9.17) is 4.74 Å². The molecule has 3 heteroatoms. The van der Waals surface area contributed by atoms with Gasteiger partial charge >= 0.3 is 5.97 Å². The number of hydrogen-bond donors (Lipinski definition) is 0. The molecule has 3 nitrogen and oxygen atoms in total. The second-order valence-corrected chi connectivity index (χ2v) is 4.09. The summed E-state index contributed by atoms with van der Waals surface area (Å²) in [6.45, 7) is 0. The normalized spacial score (nSPS) is 10.8. The third-order valence-corrected chi connectivity index (χ3v) is 2.95. The van der Waals surface area contributed by atoms with Crippen molar-refractivity contribution in [1.29, 1.82) is 0 Å². The Balaban J connectivity index is 2.41. The molecule has 2 rings (SSSR count). The minimum absolute atomic E-state index is 0.253. The monoisotopic (exact) mass is 256 g/mol. The first-order valence-corrected chi connectivity index (χ1v) is 6.05. The molecule has 0 atom stereocenters. The number of carbonyl (C=O) groups excluding carboxylic acids is 1. The maximum absolute atomic E-state index is 11.1. The van der Waals surface area contributed by atoms with Crippen molar-refractivity contribution in [3.63, 3.8) is 0 Å². The number of carbonyl (C=O) groups is 1. The lowest BCUT2D eigenvalue weighted by Crippen LogP contribution is -1.96. The fourth-order valence-corrected chi connectivity index (χ4v) is 1.98. The molecule has 0 radical (unpaired) electrons. The molecule has 0 aliphatic rings. The van der Waals surface area contributed by atoms with Gasteiger partial charge in [-0.05, 0) is 16.8 Å². The molecule has 0 saturated heterocycles. The summed E-state index contributed by atoms with van der Waals surface area (Å²) in [5, 5.41) is 2.24. The van der Waals surface area contributed by atoms with Gasteiger partial charge in [0.25, 0.3) is 0 Å². The predicted octanol–water partition coefficient (Wildman–Crippen LogP) is 3.42. The second kappa shape index (κ2) is 6.05. The van der Waals surface area contributed by atoms with Crippen LogP contribution in [0.5, 0.6) is 5.75 Å². The number of esters is 1. The van der Waals surface area contributed by atoms with Gasteiger partial charge in [-0.1, -0.05) is 42.5 Å². The molecule has 0 saturated carbocycles. The van der Waals surface area contributed by atoms with Crippen LogP contribution in [-0.2, 0) is 9.53 Å². The van der Waals surface area contributed by atoms with Crippen LogP contribution in [0.1, 0.15) is 12.0 Å². The zero-order valence-corrected chi connectivity index (χ0v) is 11.1. The third kappa shape index (κ3) is 2.94. The SMILES string of the molecule is COC(=O)CC=Cc1c(OC)ccc2ccccc12. The van der Waals surface area contributed by atoms with E-state index in [9.17, 15) is 4.79 Å². The highest BCUT2D eigenvalue weighted by Gasteiger charge is 2.05. The number of benzene rings is 2. The Morgan fingerprint density at radius 3 is 2.68 bits per heavy atom. The summed E-state index contributed by atoms with van der Waals surface area (Å²) in [6.07, 6.45) is 3.94. The molecule has 0 spiro atoms. The van der Waals surface area contributed by atoms with E-state index in [0.717, 1.165) is 22.1 Å². The maximum Gasteiger partial charge on any atom is 0.309 e. The highest BCUT2D eigenvalue weighted by Crippen LogP contribution is 2.29. The third-order valence-electron chi connectivity index (χ3n) is 2.95. The summed E-state index contributed by atoms with van der Waals surface area (Å²) in [4.78, 5) is 11.1. The lowest BCUT2D eigenvalue weighted by molar-refractivity contribution is -0.139. The zero-order chi connectivity index (χ0) is 13.7. The molecule has 0 amide bonds. The number of fused-ring (bicyclic) bond motifs is 1. The van der Waals surface area contributed by atoms with Crippen molar-refractivity contribution in [2.24, 2.45) is 0 Å². The number of hydrogen-bond acceptors (Lipinski definition) is 3. The van der Waals surface area contributed by atoms with E-state index in [2.05, 4.69) is 4.74 Å². The Morgan fingerprint density at radius 1 is 1.16 bits per heavy atom. The molecule has 98 valence electrons. The number of ether oxygens (including phenoxy) is 2. The highest BCUT2D eigenvalue weighted by molar-refractivity contribution is 5.93. The van der Waals surface area contributed by atoms with Crippen LogP contribution in [0.3, 0.4) is 0 Å². The van der Waals surface area contributed by atoms with Crippen LogP contribution in [0.25, 0.3) is 16.8 Å². The standard InChI is InChI=1S/C16H16O3/c1-18-15-11-10-12-6-3-4-7-13(12)14(15)8-5-9-16(17)19-2/h3-8,10-11H,9H2,1-2H3. The lowest BCUT2D eigenvalue weighted by Gasteiger charge is -2.08. The van der Waals surface area contributed by atoms with Gasteiger partial charge < -0.3 is 9.47 Å². The van der Waals surface area contributed by atoms with Crippen LogP contribution in [0.2, 0.25) is 0 Å². The summed E-state index contributed by atoms with van der Waals surface area (Å²) in [5.41, 5.74) is 0.976. The minimum atomic E-state index is -0.254. The molecule has 2 aromatic rings. The van der Waals surface area contributed by atoms with Crippen molar-refractivity contribution in [3.05, 3.63) is 48.0 Å². The maximum atomic E-state index is 11.1. The van der Waals surface area contributed by atoms with Gasteiger partial charge in [-0.2, -0.15) is 0 Å². The van der Waals surface area contributed by atoms with E-state index < -0.39 is 0 Å². The summed E-state index contributed by atoms with van der Waals surface area (Å²) in [6, 6.07) is 12.0. The molecule has 0 heterocycles. The number of methoxy groups -OCH3 is 2. The average molecular weight is 256 g/mol. The summed E-state index contributed by atoms with van der Waals surface area (Å²) < 4.78 is 9.98. The van der Waals surface area contributed by atoms with Gasteiger partial charge in [-0.25, -0.2) is 0 Å². The van der Waals surface area contributed by atoms with Crippen LogP contribution < -0.4 is 4.74 Å². The second-order valence-electron chi connectivity index (χ2n) is 4.09. The summed E-state index contributed by atoms with van der Waals surface area (Å²) in [5.74, 6) is 0.537. The Kier molecular flexibility index (Phi) is 4.18. The van der Waals surface area contributed by atoms with Crippen LogP contribution in [0, 0.1) is 0 Å². The molecule has 0 N–H and O–H groups in total. The Morgan fingerprint density at radius 2 is 1.95 bits per heavy atom. The Labute approximate surface area is 112 Å². The molecular formula is C16H16O3. The molecule has 0 unspecified atom stereocenters. The van der Waals surface area contributed by atoms with Gasteiger partial charge in [0.15, 0.2) is 0 Å². The molecular weight excluding hydrogens is 240 g/mol. The van der Waals surface area contributed by atoms with Gasteiger partial charge in [0.2, 0.25) is 0 Å². The van der Waals surface area contributed by atoms with Crippen LogP contribution in [0.4, 0.5) is 0 Å². The van der Waals surface area contributed by atoms with E-state index in [1.165, 1.54) is 7.11 Å². The number of rotatable bonds is 4. The van der Waals surface area contributed by atoms with Crippen molar-refractivity contribution >= 4 is 22.8 Å². The van der Waals surface area contributed by atoms with Crippen molar-refractivity contribution in [1.82, 2.24) is 0 Å². The first-order valence-electron chi connectivity index (χ1n) is 6.05. The molecule has 0 fully saturated rings. The van der Waals surface area contributed by atoms with E-state index in [1.807, 2.05) is 42.5 Å². The van der Waals surface area contributed by atoms with E-state index in [-0.39, 0.29) is 12.4 Å². The smallest absolute Gasteiger partial charge is 0.309 e. The van der Waals surface area contributed by atoms with E-state index in [0.29, 0.717) is 0 Å². The fraction of sp³-hybridized carbons (Fsp3) is 0.188. The van der Waals surface area contributed by atoms with E-state index >= 15 is 0 Å². The van der Waals surface area contributed by atoms with Gasteiger partial charge in [0, 0.05) is 5.56 Å². The molecule has 0 bridgehead atoms. The van der Waals surface area contributed by atoms with Crippen molar-refractivity contribution in [3.8, 4) is 5.75 Å². The summed E-state index contributed by atoms with van der Waals surface area (Å²) in [7, 11) is 3.02. The van der Waals surface area contributed by atoms with Gasteiger partial charge in [0.1, 0.15) is 5.75 Å². The fourth-order valence-electron chi connectivity index (χ4n) is 1.98. The topological polar surface area (TPSA) is 35.5 Å². The largest absolute Gasteiger partial charge is 0.496 e. The molecule has 2 aromatic carbocycles. The Hall–Kier alpha value is -2.29. The molecule has 19 heavy (non-hydrogen) atoms. The Bertz CT molecular complexity index is 614. The van der Waals surface area contributed by atoms with Crippen LogP contribution in [0.15, 0.2) is 42.5 Å². The summed E-state index contributed by atoms with van der Waals surface area (Å²) >= 11 is 0. The van der Waals surface area contributed by atoms with Crippen molar-refractivity contribution in [2.45, 2.75) is 6.42 Å². The lowest BCUT2D eigenvalue weighted by atomic mass is 10.0. The van der Waals surface area contributed by atoms with Gasteiger partial charge in [-0.15, -0.1) is 0 Å². The van der Waals surface area contributed by atoms with E-state index in [1.54, 1.807) is 13.2 Å².